The van der Waals surface area contributed by atoms with E-state index in [0.29, 0.717) is 0 Å². The van der Waals surface area contributed by atoms with Gasteiger partial charge in [0.15, 0.2) is 0 Å². The second kappa shape index (κ2) is 4.19. The molecule has 0 radical (unpaired) electrons. The zero-order chi connectivity index (χ0) is 10.7. The van der Waals surface area contributed by atoms with Gasteiger partial charge in [0.2, 0.25) is 6.43 Å². The maximum Gasteiger partial charge on any atom is 0.310 e. The van der Waals surface area contributed by atoms with E-state index in [4.69, 9.17) is 0 Å². The lowest BCUT2D eigenvalue weighted by atomic mass is 10.0. The van der Waals surface area contributed by atoms with E-state index >= 15 is 0 Å². The van der Waals surface area contributed by atoms with Gasteiger partial charge in [0, 0.05) is 19.3 Å². The van der Waals surface area contributed by atoms with Crippen molar-refractivity contribution >= 4 is 0 Å². The summed E-state index contributed by atoms with van der Waals surface area (Å²) in [7, 11) is 0. The standard InChI is InChI=1S/C7H10F6/c1-2-6(10,11)7(12,13)4-3-5(8)9/h5H,2-4H2,1H3. The zero-order valence-corrected chi connectivity index (χ0v) is 6.97. The first-order valence-electron chi connectivity index (χ1n) is 3.76. The number of hydrogen-bond acceptors (Lipinski definition) is 0. The van der Waals surface area contributed by atoms with Crippen molar-refractivity contribution in [1.82, 2.24) is 0 Å². The molecule has 0 aromatic carbocycles. The van der Waals surface area contributed by atoms with Crippen molar-refractivity contribution in [3.05, 3.63) is 0 Å². The topological polar surface area (TPSA) is 0 Å². The smallest absolute Gasteiger partial charge is 0.211 e. The van der Waals surface area contributed by atoms with E-state index in [-0.39, 0.29) is 0 Å². The van der Waals surface area contributed by atoms with Gasteiger partial charge in [0.25, 0.3) is 0 Å². The molecule has 0 fully saturated rings. The fourth-order valence-corrected chi connectivity index (χ4v) is 0.732. The third kappa shape index (κ3) is 3.44. The molecule has 0 unspecified atom stereocenters. The highest BCUT2D eigenvalue weighted by molar-refractivity contribution is 4.83. The maximum absolute atomic E-state index is 12.5. The van der Waals surface area contributed by atoms with Crippen LogP contribution in [0.3, 0.4) is 0 Å². The summed E-state index contributed by atoms with van der Waals surface area (Å²) in [6.07, 6.45) is -6.71. The first-order chi connectivity index (χ1) is 5.73. The third-order valence-electron chi connectivity index (χ3n) is 1.66. The van der Waals surface area contributed by atoms with Crippen molar-refractivity contribution in [1.29, 1.82) is 0 Å². The van der Waals surface area contributed by atoms with E-state index < -0.39 is 37.5 Å². The van der Waals surface area contributed by atoms with Crippen LogP contribution < -0.4 is 0 Å². The molecule has 13 heavy (non-hydrogen) atoms. The van der Waals surface area contributed by atoms with E-state index in [1.165, 1.54) is 0 Å². The Hall–Kier alpha value is -0.420. The zero-order valence-electron chi connectivity index (χ0n) is 6.97. The molecule has 0 nitrogen and oxygen atoms in total. The number of rotatable bonds is 5. The summed E-state index contributed by atoms with van der Waals surface area (Å²) in [4.78, 5) is 0. The minimum atomic E-state index is -4.34. The third-order valence-corrected chi connectivity index (χ3v) is 1.66. The maximum atomic E-state index is 12.5. The largest absolute Gasteiger partial charge is 0.310 e. The van der Waals surface area contributed by atoms with Crippen LogP contribution in [0.4, 0.5) is 26.3 Å². The normalized spacial score (nSPS) is 13.8. The van der Waals surface area contributed by atoms with Crippen molar-refractivity contribution in [2.24, 2.45) is 0 Å². The minimum absolute atomic E-state index is 0.885. The molecule has 0 saturated heterocycles. The molecule has 0 N–H and O–H groups in total. The van der Waals surface area contributed by atoms with Gasteiger partial charge in [0.05, 0.1) is 0 Å². The minimum Gasteiger partial charge on any atom is -0.211 e. The average molecular weight is 208 g/mol. The highest BCUT2D eigenvalue weighted by Gasteiger charge is 2.54. The van der Waals surface area contributed by atoms with Crippen LogP contribution >= 0.6 is 0 Å². The second-order valence-corrected chi connectivity index (χ2v) is 2.69. The Morgan fingerprint density at radius 2 is 1.46 bits per heavy atom. The van der Waals surface area contributed by atoms with Gasteiger partial charge in [-0.1, -0.05) is 6.92 Å². The Balaban J connectivity index is 4.22. The van der Waals surface area contributed by atoms with Crippen LogP contribution in [0.15, 0.2) is 0 Å². The molecular formula is C7H10F6. The molecule has 0 bridgehead atoms. The number of alkyl halides is 6. The summed E-state index contributed by atoms with van der Waals surface area (Å²) >= 11 is 0. The van der Waals surface area contributed by atoms with Gasteiger partial charge in [-0.05, 0) is 0 Å². The van der Waals surface area contributed by atoms with Crippen LogP contribution in [0, 0.1) is 0 Å². The van der Waals surface area contributed by atoms with Crippen molar-refractivity contribution < 1.29 is 26.3 Å². The quantitative estimate of drug-likeness (QED) is 0.604. The second-order valence-electron chi connectivity index (χ2n) is 2.69. The van der Waals surface area contributed by atoms with E-state index in [1.807, 2.05) is 0 Å². The molecule has 0 amide bonds. The summed E-state index contributed by atoms with van der Waals surface area (Å²) in [6, 6.07) is 0. The predicted octanol–water partition coefficient (Wildman–Crippen LogP) is 3.71. The fourth-order valence-electron chi connectivity index (χ4n) is 0.732. The SMILES string of the molecule is CCC(F)(F)C(F)(F)CCC(F)F. The highest BCUT2D eigenvalue weighted by Crippen LogP contribution is 2.40. The van der Waals surface area contributed by atoms with E-state index in [9.17, 15) is 26.3 Å². The molecule has 0 saturated carbocycles. The Kier molecular flexibility index (Phi) is 4.06. The van der Waals surface area contributed by atoms with Gasteiger partial charge in [-0.3, -0.25) is 0 Å². The lowest BCUT2D eigenvalue weighted by Gasteiger charge is -2.25. The molecule has 0 heterocycles. The van der Waals surface area contributed by atoms with Crippen LogP contribution in [-0.2, 0) is 0 Å². The van der Waals surface area contributed by atoms with Crippen molar-refractivity contribution in [3.8, 4) is 0 Å². The monoisotopic (exact) mass is 208 g/mol. The Labute approximate surface area is 71.9 Å². The van der Waals surface area contributed by atoms with Crippen LogP contribution in [0.5, 0.6) is 0 Å². The average Bonchev–Trinajstić information content (AvgIpc) is 2.01. The van der Waals surface area contributed by atoms with Gasteiger partial charge in [-0.25, -0.2) is 8.78 Å². The first kappa shape index (κ1) is 12.6. The Morgan fingerprint density at radius 1 is 1.00 bits per heavy atom. The van der Waals surface area contributed by atoms with Gasteiger partial charge in [-0.2, -0.15) is 17.6 Å². The fraction of sp³-hybridized carbons (Fsp3) is 1.00. The van der Waals surface area contributed by atoms with Crippen LogP contribution in [0.2, 0.25) is 0 Å². The van der Waals surface area contributed by atoms with E-state index in [0.717, 1.165) is 6.92 Å². The number of halogens is 6. The molecule has 0 atom stereocenters. The van der Waals surface area contributed by atoms with Gasteiger partial charge in [-0.15, -0.1) is 0 Å². The molecule has 0 aromatic heterocycles. The number of hydrogen-bond donors (Lipinski definition) is 0. The van der Waals surface area contributed by atoms with Crippen LogP contribution in [-0.4, -0.2) is 18.3 Å². The molecule has 0 aliphatic rings. The summed E-state index contributed by atoms with van der Waals surface area (Å²) in [5.41, 5.74) is 0. The van der Waals surface area contributed by atoms with Crippen molar-refractivity contribution in [2.45, 2.75) is 44.5 Å². The van der Waals surface area contributed by atoms with Crippen LogP contribution in [0.1, 0.15) is 26.2 Å². The summed E-state index contributed by atoms with van der Waals surface area (Å²) in [6.45, 7) is 0.885. The molecule has 0 aliphatic carbocycles. The predicted molar refractivity (Wildman–Crippen MR) is 35.4 cm³/mol. The van der Waals surface area contributed by atoms with E-state index in [1.54, 1.807) is 0 Å². The lowest BCUT2D eigenvalue weighted by molar-refractivity contribution is -0.215. The summed E-state index contributed by atoms with van der Waals surface area (Å²) in [5, 5.41) is 0. The van der Waals surface area contributed by atoms with Crippen LogP contribution in [0.25, 0.3) is 0 Å². The highest BCUT2D eigenvalue weighted by atomic mass is 19.3. The Bertz CT molecular complexity index is 153. The van der Waals surface area contributed by atoms with Crippen molar-refractivity contribution in [3.63, 3.8) is 0 Å². The molecule has 0 spiro atoms. The Morgan fingerprint density at radius 3 is 1.77 bits per heavy atom. The molecule has 0 aromatic rings. The molecule has 6 heteroatoms. The van der Waals surface area contributed by atoms with Gasteiger partial charge in [0.1, 0.15) is 0 Å². The lowest BCUT2D eigenvalue weighted by Crippen LogP contribution is -2.40. The van der Waals surface area contributed by atoms with Gasteiger partial charge >= 0.3 is 11.8 Å². The molecule has 80 valence electrons. The molecular weight excluding hydrogens is 198 g/mol. The van der Waals surface area contributed by atoms with E-state index in [2.05, 4.69) is 0 Å². The molecule has 0 rings (SSSR count). The first-order valence-corrected chi connectivity index (χ1v) is 3.76. The molecule has 0 aliphatic heterocycles. The summed E-state index contributed by atoms with van der Waals surface area (Å²) < 4.78 is 72.7. The summed E-state index contributed by atoms with van der Waals surface area (Å²) in [5.74, 6) is -8.53. The van der Waals surface area contributed by atoms with Crippen molar-refractivity contribution in [2.75, 3.05) is 0 Å². The van der Waals surface area contributed by atoms with Gasteiger partial charge < -0.3 is 0 Å².